The van der Waals surface area contributed by atoms with Crippen LogP contribution in [-0.4, -0.2) is 65.7 Å². The van der Waals surface area contributed by atoms with Gasteiger partial charge >= 0.3 is 19.8 Å². The lowest BCUT2D eigenvalue weighted by molar-refractivity contribution is -0.161. The highest BCUT2D eigenvalue weighted by Gasteiger charge is 2.27. The zero-order valence-corrected chi connectivity index (χ0v) is 37.8. The average Bonchev–Trinajstić information content (AvgIpc) is 3.22. The number of ether oxygens (including phenoxy) is 2. The molecule has 0 aromatic rings. The Hall–Kier alpha value is -2.59. The zero-order valence-electron chi connectivity index (χ0n) is 36.9. The first-order chi connectivity index (χ1) is 28.7. The number of phosphoric acid groups is 1. The molecule has 0 rings (SSSR count). The Labute approximate surface area is 358 Å². The Morgan fingerprint density at radius 2 is 0.966 bits per heavy atom. The van der Waals surface area contributed by atoms with Gasteiger partial charge in [0, 0.05) is 12.8 Å². The second-order valence-corrected chi connectivity index (χ2v) is 16.5. The molecule has 2 unspecified atom stereocenters. The molecule has 0 fully saturated rings. The minimum Gasteiger partial charge on any atom is -0.462 e. The van der Waals surface area contributed by atoms with Crippen LogP contribution < -0.4 is 0 Å². The van der Waals surface area contributed by atoms with Crippen molar-refractivity contribution >= 4 is 19.8 Å². The fourth-order valence-electron chi connectivity index (χ4n) is 5.86. The lowest BCUT2D eigenvalue weighted by Gasteiger charge is -2.20. The molecule has 0 aliphatic rings. The van der Waals surface area contributed by atoms with Crippen molar-refractivity contribution in [2.75, 3.05) is 26.4 Å². The van der Waals surface area contributed by atoms with Crippen LogP contribution in [0.25, 0.3) is 0 Å². The van der Waals surface area contributed by atoms with Gasteiger partial charge in [0.25, 0.3) is 0 Å². The van der Waals surface area contributed by atoms with Gasteiger partial charge in [-0.1, -0.05) is 170 Å². The van der Waals surface area contributed by atoms with Gasteiger partial charge < -0.3 is 24.6 Å². The van der Waals surface area contributed by atoms with Crippen LogP contribution in [0.15, 0.2) is 72.9 Å². The molecular weight excluding hydrogens is 767 g/mol. The van der Waals surface area contributed by atoms with E-state index in [2.05, 4.69) is 79.1 Å². The first-order valence-electron chi connectivity index (χ1n) is 22.9. The third-order valence-corrected chi connectivity index (χ3v) is 10.3. The number of aliphatic hydroxyl groups is 2. The van der Waals surface area contributed by atoms with Gasteiger partial charge in [0.2, 0.25) is 0 Å². The van der Waals surface area contributed by atoms with Crippen LogP contribution in [0.4, 0.5) is 0 Å². The van der Waals surface area contributed by atoms with Crippen molar-refractivity contribution in [1.82, 2.24) is 0 Å². The van der Waals surface area contributed by atoms with Crippen molar-refractivity contribution in [3.05, 3.63) is 72.9 Å². The summed E-state index contributed by atoms with van der Waals surface area (Å²) in [6.45, 7) is 2.18. The van der Waals surface area contributed by atoms with Crippen LogP contribution in [0.3, 0.4) is 0 Å². The number of hydrogen-bond acceptors (Lipinski definition) is 9. The van der Waals surface area contributed by atoms with E-state index in [1.165, 1.54) is 77.0 Å². The monoisotopic (exact) mass is 851 g/mol. The van der Waals surface area contributed by atoms with Crippen LogP contribution in [0.1, 0.15) is 181 Å². The number of esters is 2. The molecule has 0 spiro atoms. The number of carbonyl (C=O) groups excluding carboxylic acids is 2. The Morgan fingerprint density at radius 1 is 0.525 bits per heavy atom. The molecule has 0 aliphatic heterocycles. The highest BCUT2D eigenvalue weighted by molar-refractivity contribution is 7.47. The number of rotatable bonds is 42. The molecular formula is C48H83O10P. The Morgan fingerprint density at radius 3 is 1.47 bits per heavy atom. The number of phosphoric ester groups is 1. The summed E-state index contributed by atoms with van der Waals surface area (Å²) in [6.07, 6.45) is 50.3. The van der Waals surface area contributed by atoms with Crippen molar-refractivity contribution in [1.29, 1.82) is 0 Å². The molecule has 0 aromatic carbocycles. The van der Waals surface area contributed by atoms with E-state index in [-0.39, 0.29) is 19.4 Å². The fourth-order valence-corrected chi connectivity index (χ4v) is 6.65. The number of unbranched alkanes of at least 4 members (excludes halogenated alkanes) is 16. The van der Waals surface area contributed by atoms with Crippen LogP contribution in [0.2, 0.25) is 0 Å². The smallest absolute Gasteiger partial charge is 0.462 e. The molecule has 3 atom stereocenters. The average molecular weight is 851 g/mol. The maximum atomic E-state index is 12.6. The van der Waals surface area contributed by atoms with E-state index in [0.717, 1.165) is 64.2 Å². The highest BCUT2D eigenvalue weighted by Crippen LogP contribution is 2.43. The maximum absolute atomic E-state index is 12.6. The van der Waals surface area contributed by atoms with Crippen molar-refractivity contribution < 1.29 is 47.8 Å². The summed E-state index contributed by atoms with van der Waals surface area (Å²) in [4.78, 5) is 35.0. The molecule has 0 amide bonds. The summed E-state index contributed by atoms with van der Waals surface area (Å²) < 4.78 is 32.7. The third-order valence-electron chi connectivity index (χ3n) is 9.36. The molecule has 0 saturated carbocycles. The van der Waals surface area contributed by atoms with Crippen molar-refractivity contribution in [3.8, 4) is 0 Å². The summed E-state index contributed by atoms with van der Waals surface area (Å²) in [5, 5.41) is 18.3. The molecule has 0 heterocycles. The Balaban J connectivity index is 4.25. The SMILES string of the molecule is CC/C=C/C/C=C/C/C=C/C/C=C/CCCCCCCCCCCCC(=O)OCC(COP(=O)(O)OC[C@H](O)CO)OC(=O)CC/C=C/C/C=C/CCCCCCCC. The predicted molar refractivity (Wildman–Crippen MR) is 242 cm³/mol. The van der Waals surface area contributed by atoms with Crippen LogP contribution in [-0.2, 0) is 32.7 Å². The van der Waals surface area contributed by atoms with Gasteiger partial charge in [-0.2, -0.15) is 0 Å². The molecule has 0 aliphatic carbocycles. The van der Waals surface area contributed by atoms with Crippen molar-refractivity contribution in [3.63, 3.8) is 0 Å². The first kappa shape index (κ1) is 56.4. The van der Waals surface area contributed by atoms with Crippen LogP contribution in [0.5, 0.6) is 0 Å². The van der Waals surface area contributed by atoms with E-state index in [9.17, 15) is 24.2 Å². The lowest BCUT2D eigenvalue weighted by Crippen LogP contribution is -2.29. The molecule has 10 nitrogen and oxygen atoms in total. The van der Waals surface area contributed by atoms with Crippen molar-refractivity contribution in [2.45, 2.75) is 193 Å². The molecule has 340 valence electrons. The van der Waals surface area contributed by atoms with Crippen LogP contribution >= 0.6 is 7.82 Å². The van der Waals surface area contributed by atoms with E-state index in [4.69, 9.17) is 19.1 Å². The molecule has 0 radical (unpaired) electrons. The largest absolute Gasteiger partial charge is 0.472 e. The number of aliphatic hydroxyl groups excluding tert-OH is 2. The Kier molecular flexibility index (Phi) is 41.6. The maximum Gasteiger partial charge on any atom is 0.472 e. The molecule has 3 N–H and O–H groups in total. The topological polar surface area (TPSA) is 149 Å². The van der Waals surface area contributed by atoms with Crippen LogP contribution in [0, 0.1) is 0 Å². The molecule has 59 heavy (non-hydrogen) atoms. The third kappa shape index (κ3) is 43.3. The second-order valence-electron chi connectivity index (χ2n) is 15.0. The van der Waals surface area contributed by atoms with E-state index < -0.39 is 51.8 Å². The zero-order chi connectivity index (χ0) is 43.3. The number of allylic oxidation sites excluding steroid dienone is 12. The van der Waals surface area contributed by atoms with Gasteiger partial charge in [0.05, 0.1) is 19.8 Å². The first-order valence-corrected chi connectivity index (χ1v) is 24.4. The predicted octanol–water partition coefficient (Wildman–Crippen LogP) is 12.4. The van der Waals surface area contributed by atoms with E-state index in [1.54, 1.807) is 0 Å². The fraction of sp³-hybridized carbons (Fsp3) is 0.708. The standard InChI is InChI=1S/C48H83O10P/c1-3-5-7-9-11-13-15-17-18-19-20-21-22-23-24-25-26-28-29-31-33-35-37-39-47(51)55-43-46(44-57-59(53,54)56-42-45(50)41-49)58-48(52)40-38-36-34-32-30-27-16-14-12-10-8-6-4-2/h5,7,11,13,17-18,20-21,27,30,34,36,45-46,49-50H,3-4,6,8-10,12,14-16,19,22-26,28-29,31-33,35,37-44H2,1-2H3,(H,53,54)/b7-5+,13-11+,18-17+,21-20+,30-27+,36-34+/t45-,46?/m1/s1. The summed E-state index contributed by atoms with van der Waals surface area (Å²) in [6, 6.07) is 0. The summed E-state index contributed by atoms with van der Waals surface area (Å²) in [7, 11) is -4.64. The van der Waals surface area contributed by atoms with E-state index in [0.29, 0.717) is 12.8 Å². The molecule has 0 bridgehead atoms. The number of carbonyl (C=O) groups is 2. The second kappa shape index (κ2) is 43.5. The molecule has 0 saturated heterocycles. The molecule has 11 heteroatoms. The van der Waals surface area contributed by atoms with E-state index in [1.807, 2.05) is 12.2 Å². The summed E-state index contributed by atoms with van der Waals surface area (Å²) >= 11 is 0. The van der Waals surface area contributed by atoms with Gasteiger partial charge in [0.15, 0.2) is 6.10 Å². The van der Waals surface area contributed by atoms with Gasteiger partial charge in [0.1, 0.15) is 12.7 Å². The minimum absolute atomic E-state index is 0.0745. The lowest BCUT2D eigenvalue weighted by atomic mass is 10.1. The highest BCUT2D eigenvalue weighted by atomic mass is 31.2. The van der Waals surface area contributed by atoms with Gasteiger partial charge in [-0.3, -0.25) is 18.6 Å². The normalized spacial score (nSPS) is 14.5. The quantitative estimate of drug-likeness (QED) is 0.0234. The number of hydrogen-bond donors (Lipinski definition) is 3. The van der Waals surface area contributed by atoms with Crippen molar-refractivity contribution in [2.24, 2.45) is 0 Å². The summed E-state index contributed by atoms with van der Waals surface area (Å²) in [5.74, 6) is -1.01. The van der Waals surface area contributed by atoms with Gasteiger partial charge in [-0.25, -0.2) is 4.57 Å². The Bertz CT molecular complexity index is 1210. The van der Waals surface area contributed by atoms with Gasteiger partial charge in [-0.15, -0.1) is 0 Å². The molecule has 0 aromatic heterocycles. The van der Waals surface area contributed by atoms with E-state index >= 15 is 0 Å². The summed E-state index contributed by atoms with van der Waals surface area (Å²) in [5.41, 5.74) is 0. The van der Waals surface area contributed by atoms with Gasteiger partial charge in [-0.05, 0) is 70.6 Å². The minimum atomic E-state index is -4.64.